The topological polar surface area (TPSA) is 123 Å². The lowest BCUT2D eigenvalue weighted by atomic mass is 10.1. The zero-order valence-corrected chi connectivity index (χ0v) is 17.0. The van der Waals surface area contributed by atoms with E-state index in [0.29, 0.717) is 43.6 Å². The number of hydrogen-bond acceptors (Lipinski definition) is 8. The highest BCUT2D eigenvalue weighted by Gasteiger charge is 2.37. The van der Waals surface area contributed by atoms with Crippen molar-refractivity contribution in [1.29, 1.82) is 0 Å². The molecule has 0 aromatic heterocycles. The lowest BCUT2D eigenvalue weighted by Gasteiger charge is -2.28. The Kier molecular flexibility index (Phi) is 6.95. The maximum atomic E-state index is 12.7. The smallest absolute Gasteiger partial charge is 0.341 e. The van der Waals surface area contributed by atoms with Crippen LogP contribution < -0.4 is 9.47 Å². The number of carboxylic acids is 1. The van der Waals surface area contributed by atoms with E-state index in [9.17, 15) is 19.2 Å². The zero-order valence-electron chi connectivity index (χ0n) is 16.2. The summed E-state index contributed by atoms with van der Waals surface area (Å²) in [6.07, 6.45) is 1.42. The average molecular weight is 436 g/mol. The van der Waals surface area contributed by atoms with Crippen molar-refractivity contribution in [2.75, 3.05) is 46.6 Å². The molecule has 0 aliphatic carbocycles. The summed E-state index contributed by atoms with van der Waals surface area (Å²) in [5, 5.41) is 8.33. The second-order valence-corrected chi connectivity index (χ2v) is 7.32. The van der Waals surface area contributed by atoms with Gasteiger partial charge in [-0.25, -0.2) is 4.79 Å². The fourth-order valence-corrected chi connectivity index (χ4v) is 3.75. The third kappa shape index (κ3) is 4.92. The van der Waals surface area contributed by atoms with Gasteiger partial charge in [0, 0.05) is 18.7 Å². The Morgan fingerprint density at radius 3 is 2.67 bits per heavy atom. The molecule has 10 nitrogen and oxygen atoms in total. The summed E-state index contributed by atoms with van der Waals surface area (Å²) < 4.78 is 15.7. The van der Waals surface area contributed by atoms with E-state index in [2.05, 4.69) is 0 Å². The number of thioether (sulfide) groups is 1. The number of morpholine rings is 1. The molecule has 3 amide bonds. The van der Waals surface area contributed by atoms with Crippen LogP contribution in [0.15, 0.2) is 23.1 Å². The van der Waals surface area contributed by atoms with Crippen molar-refractivity contribution in [3.8, 4) is 11.5 Å². The van der Waals surface area contributed by atoms with Crippen LogP contribution >= 0.6 is 11.8 Å². The molecule has 0 spiro atoms. The highest BCUT2D eigenvalue weighted by atomic mass is 32.2. The first-order chi connectivity index (χ1) is 14.4. The number of ether oxygens (including phenoxy) is 3. The molecule has 0 bridgehead atoms. The lowest BCUT2D eigenvalue weighted by molar-refractivity contribution is -0.139. The Morgan fingerprint density at radius 2 is 2.00 bits per heavy atom. The minimum atomic E-state index is -1.17. The van der Waals surface area contributed by atoms with Crippen LogP contribution in [0.4, 0.5) is 4.79 Å². The number of carbonyl (C=O) groups is 4. The van der Waals surface area contributed by atoms with Gasteiger partial charge in [-0.05, 0) is 23.9 Å². The number of imide groups is 1. The van der Waals surface area contributed by atoms with Crippen LogP contribution in [-0.2, 0) is 19.1 Å². The van der Waals surface area contributed by atoms with Crippen molar-refractivity contribution in [2.45, 2.75) is 0 Å². The maximum absolute atomic E-state index is 12.7. The first-order valence-electron chi connectivity index (χ1n) is 9.03. The Balaban J connectivity index is 1.79. The number of hydrogen-bond donors (Lipinski definition) is 1. The summed E-state index contributed by atoms with van der Waals surface area (Å²) in [7, 11) is 1.40. The summed E-state index contributed by atoms with van der Waals surface area (Å²) in [5.41, 5.74) is 0.376. The summed E-state index contributed by atoms with van der Waals surface area (Å²) in [4.78, 5) is 50.9. The third-order valence-corrected chi connectivity index (χ3v) is 5.29. The average Bonchev–Trinajstić information content (AvgIpc) is 3.00. The molecule has 0 radical (unpaired) electrons. The number of methoxy groups -OCH3 is 1. The van der Waals surface area contributed by atoms with E-state index in [1.54, 1.807) is 23.1 Å². The van der Waals surface area contributed by atoms with Gasteiger partial charge in [-0.2, -0.15) is 0 Å². The van der Waals surface area contributed by atoms with Crippen LogP contribution in [0.5, 0.6) is 11.5 Å². The van der Waals surface area contributed by atoms with E-state index < -0.39 is 23.7 Å². The summed E-state index contributed by atoms with van der Waals surface area (Å²) in [5.74, 6) is -1.67. The number of nitrogens with zero attached hydrogens (tertiary/aromatic N) is 2. The number of aliphatic carboxylic acids is 1. The van der Waals surface area contributed by atoms with Crippen molar-refractivity contribution in [3.63, 3.8) is 0 Å². The Bertz CT molecular complexity index is 895. The van der Waals surface area contributed by atoms with Crippen molar-refractivity contribution < 1.29 is 38.5 Å². The minimum absolute atomic E-state index is 0.100. The Hall–Kier alpha value is -3.05. The quantitative estimate of drug-likeness (QED) is 0.625. The molecule has 1 N–H and O–H groups in total. The largest absolute Gasteiger partial charge is 0.493 e. The lowest BCUT2D eigenvalue weighted by Crippen LogP contribution is -2.46. The van der Waals surface area contributed by atoms with Gasteiger partial charge < -0.3 is 24.2 Å². The molecule has 1 aromatic rings. The van der Waals surface area contributed by atoms with Crippen LogP contribution in [0.1, 0.15) is 5.56 Å². The standard InChI is InChI=1S/C19H20N2O8S/c1-27-13-4-2-3-12(17(13)29-11-16(23)24)9-14-18(25)21(19(26)30-14)10-15(22)20-5-7-28-8-6-20/h2-4,9H,5-8,10-11H2,1H3,(H,23,24)/b14-9-. The SMILES string of the molecule is COc1cccc(/C=C2\SC(=O)N(CC(=O)N3CCOCC3)C2=O)c1OCC(=O)O. The second-order valence-electron chi connectivity index (χ2n) is 6.32. The first-order valence-corrected chi connectivity index (χ1v) is 9.85. The number of rotatable bonds is 7. The highest BCUT2D eigenvalue weighted by molar-refractivity contribution is 8.18. The summed E-state index contributed by atoms with van der Waals surface area (Å²) in [6, 6.07) is 4.83. The Labute approximate surface area is 176 Å². The summed E-state index contributed by atoms with van der Waals surface area (Å²) in [6.45, 7) is 0.724. The molecule has 160 valence electrons. The van der Waals surface area contributed by atoms with Gasteiger partial charge in [0.05, 0.1) is 25.2 Å². The van der Waals surface area contributed by atoms with Crippen molar-refractivity contribution in [2.24, 2.45) is 0 Å². The molecule has 3 rings (SSSR count). The second kappa shape index (κ2) is 9.63. The van der Waals surface area contributed by atoms with Crippen molar-refractivity contribution in [3.05, 3.63) is 28.7 Å². The van der Waals surface area contributed by atoms with E-state index in [1.165, 1.54) is 13.2 Å². The molecule has 30 heavy (non-hydrogen) atoms. The van der Waals surface area contributed by atoms with E-state index >= 15 is 0 Å². The monoisotopic (exact) mass is 436 g/mol. The minimum Gasteiger partial charge on any atom is -0.493 e. The van der Waals surface area contributed by atoms with E-state index in [-0.39, 0.29) is 28.9 Å². The van der Waals surface area contributed by atoms with Gasteiger partial charge in [0.1, 0.15) is 6.54 Å². The molecule has 1 aromatic carbocycles. The van der Waals surface area contributed by atoms with Gasteiger partial charge >= 0.3 is 5.97 Å². The number of para-hydroxylation sites is 1. The third-order valence-electron chi connectivity index (χ3n) is 4.39. The van der Waals surface area contributed by atoms with Gasteiger partial charge in [0.2, 0.25) is 5.91 Å². The maximum Gasteiger partial charge on any atom is 0.341 e. The van der Waals surface area contributed by atoms with Crippen LogP contribution in [-0.4, -0.2) is 84.5 Å². The van der Waals surface area contributed by atoms with Crippen LogP contribution in [0.2, 0.25) is 0 Å². The first kappa shape index (κ1) is 21.7. The molecule has 0 saturated carbocycles. The molecule has 2 fully saturated rings. The molecule has 2 aliphatic heterocycles. The van der Waals surface area contributed by atoms with Gasteiger partial charge in [-0.1, -0.05) is 12.1 Å². The molecular weight excluding hydrogens is 416 g/mol. The van der Waals surface area contributed by atoms with Crippen molar-refractivity contribution >= 4 is 40.9 Å². The predicted octanol–water partition coefficient (Wildman–Crippen LogP) is 1.05. The molecule has 0 unspecified atom stereocenters. The van der Waals surface area contributed by atoms with E-state index in [0.717, 1.165) is 4.90 Å². The Morgan fingerprint density at radius 1 is 1.27 bits per heavy atom. The number of amides is 3. The molecular formula is C19H20N2O8S. The fraction of sp³-hybridized carbons (Fsp3) is 0.368. The predicted molar refractivity (Wildman–Crippen MR) is 106 cm³/mol. The molecule has 2 saturated heterocycles. The molecule has 2 heterocycles. The number of carbonyl (C=O) groups excluding carboxylic acids is 3. The van der Waals surface area contributed by atoms with Crippen molar-refractivity contribution in [1.82, 2.24) is 9.80 Å². The van der Waals surface area contributed by atoms with Gasteiger partial charge in [-0.3, -0.25) is 19.3 Å². The normalized spacial score (nSPS) is 18.1. The van der Waals surface area contributed by atoms with E-state index in [1.807, 2.05) is 0 Å². The summed E-state index contributed by atoms with van der Waals surface area (Å²) >= 11 is 0.702. The highest BCUT2D eigenvalue weighted by Crippen LogP contribution is 2.37. The van der Waals surface area contributed by atoms with Crippen LogP contribution in [0.25, 0.3) is 6.08 Å². The molecule has 11 heteroatoms. The van der Waals surface area contributed by atoms with Gasteiger partial charge in [0.25, 0.3) is 11.1 Å². The molecule has 0 atom stereocenters. The van der Waals surface area contributed by atoms with Gasteiger partial charge in [0.15, 0.2) is 18.1 Å². The van der Waals surface area contributed by atoms with Gasteiger partial charge in [-0.15, -0.1) is 0 Å². The zero-order chi connectivity index (χ0) is 21.7. The number of carboxylic acid groups (broad SMARTS) is 1. The molecule has 2 aliphatic rings. The van der Waals surface area contributed by atoms with Crippen LogP contribution in [0.3, 0.4) is 0 Å². The fourth-order valence-electron chi connectivity index (χ4n) is 2.92. The number of benzene rings is 1. The van der Waals surface area contributed by atoms with Crippen LogP contribution in [0, 0.1) is 0 Å². The van der Waals surface area contributed by atoms with E-state index in [4.69, 9.17) is 19.3 Å².